The Bertz CT molecular complexity index is 854. The van der Waals surface area contributed by atoms with Gasteiger partial charge < -0.3 is 14.9 Å². The largest absolute Gasteiger partial charge is 0.387 e. The summed E-state index contributed by atoms with van der Waals surface area (Å²) in [5, 5.41) is 16.8. The molecule has 6 nitrogen and oxygen atoms in total. The third kappa shape index (κ3) is 3.38. The van der Waals surface area contributed by atoms with E-state index in [1.807, 2.05) is 0 Å². The smallest absolute Gasteiger partial charge is 0.261 e. The van der Waals surface area contributed by atoms with Crippen molar-refractivity contribution in [1.82, 2.24) is 15.1 Å². The number of aliphatic hydroxyl groups excluding tert-OH is 1. The minimum absolute atomic E-state index is 0.0439. The van der Waals surface area contributed by atoms with Crippen molar-refractivity contribution in [1.29, 1.82) is 0 Å². The molecule has 3 rings (SSSR count). The van der Waals surface area contributed by atoms with Crippen LogP contribution in [0.4, 0.5) is 14.6 Å². The minimum Gasteiger partial charge on any atom is -0.387 e. The van der Waals surface area contributed by atoms with Gasteiger partial charge in [0.05, 0.1) is 11.7 Å². The van der Waals surface area contributed by atoms with E-state index in [1.54, 1.807) is 25.3 Å². The number of aryl methyl sites for hydroxylation is 1. The average molecular weight is 332 g/mol. The van der Waals surface area contributed by atoms with Crippen LogP contribution in [0, 0.1) is 18.6 Å². The summed E-state index contributed by atoms with van der Waals surface area (Å²) < 4.78 is 31.3. The first-order valence-electron chi connectivity index (χ1n) is 7.17. The fourth-order valence-corrected chi connectivity index (χ4v) is 2.16. The Balaban J connectivity index is 1.76. The predicted octanol–water partition coefficient (Wildman–Crippen LogP) is 2.86. The van der Waals surface area contributed by atoms with Gasteiger partial charge in [0.25, 0.3) is 5.89 Å². The second-order valence-electron chi connectivity index (χ2n) is 5.12. The second kappa shape index (κ2) is 6.71. The molecule has 1 aromatic carbocycles. The van der Waals surface area contributed by atoms with Crippen LogP contribution >= 0.6 is 0 Å². The van der Waals surface area contributed by atoms with Crippen LogP contribution in [0.1, 0.15) is 17.5 Å². The average Bonchev–Trinajstić information content (AvgIpc) is 3.01. The van der Waals surface area contributed by atoms with Gasteiger partial charge in [-0.05, 0) is 36.8 Å². The van der Waals surface area contributed by atoms with E-state index >= 15 is 0 Å². The molecule has 0 aliphatic heterocycles. The van der Waals surface area contributed by atoms with Gasteiger partial charge >= 0.3 is 0 Å². The quantitative estimate of drug-likeness (QED) is 0.747. The standard InChI is InChI=1S/C16H14F2N4O2/c1-9-21-16(24-22-9)11-3-2-6-19-15(11)20-8-14(23)10-4-5-12(17)13(18)7-10/h2-7,14,23H,8H2,1H3,(H,19,20)/t14-/m1/s1. The van der Waals surface area contributed by atoms with Crippen LogP contribution in [0.2, 0.25) is 0 Å². The lowest BCUT2D eigenvalue weighted by Crippen LogP contribution is -2.14. The number of aliphatic hydroxyl groups is 1. The SMILES string of the molecule is Cc1noc(-c2cccnc2NC[C@@H](O)c2ccc(F)c(F)c2)n1. The molecule has 0 aliphatic rings. The van der Waals surface area contributed by atoms with Gasteiger partial charge in [0, 0.05) is 12.7 Å². The Morgan fingerprint density at radius 3 is 2.79 bits per heavy atom. The van der Waals surface area contributed by atoms with E-state index in [0.717, 1.165) is 12.1 Å². The molecule has 0 spiro atoms. The van der Waals surface area contributed by atoms with Gasteiger partial charge in [0.2, 0.25) is 0 Å². The Morgan fingerprint density at radius 2 is 2.08 bits per heavy atom. The molecule has 0 bridgehead atoms. The zero-order valence-electron chi connectivity index (χ0n) is 12.7. The lowest BCUT2D eigenvalue weighted by Gasteiger charge is -2.14. The number of aromatic nitrogens is 3. The highest BCUT2D eigenvalue weighted by Gasteiger charge is 2.15. The summed E-state index contributed by atoms with van der Waals surface area (Å²) in [6.45, 7) is 1.74. The number of benzene rings is 1. The van der Waals surface area contributed by atoms with Gasteiger partial charge in [0.15, 0.2) is 17.5 Å². The van der Waals surface area contributed by atoms with E-state index in [-0.39, 0.29) is 12.1 Å². The maximum absolute atomic E-state index is 13.2. The Kier molecular flexibility index (Phi) is 4.48. The molecule has 2 aromatic heterocycles. The Hall–Kier alpha value is -2.87. The molecule has 0 saturated heterocycles. The van der Waals surface area contributed by atoms with Gasteiger partial charge in [-0.15, -0.1) is 0 Å². The monoisotopic (exact) mass is 332 g/mol. The van der Waals surface area contributed by atoms with E-state index in [0.29, 0.717) is 23.1 Å². The lowest BCUT2D eigenvalue weighted by atomic mass is 10.1. The number of nitrogens with zero attached hydrogens (tertiary/aromatic N) is 3. The number of pyridine rings is 1. The van der Waals surface area contributed by atoms with Crippen LogP contribution in [0.25, 0.3) is 11.5 Å². The number of rotatable bonds is 5. The van der Waals surface area contributed by atoms with Crippen LogP contribution in [0.5, 0.6) is 0 Å². The highest BCUT2D eigenvalue weighted by molar-refractivity contribution is 5.68. The first kappa shape index (κ1) is 16.0. The maximum atomic E-state index is 13.2. The van der Waals surface area contributed by atoms with Gasteiger partial charge in [-0.2, -0.15) is 4.98 Å². The number of anilines is 1. The highest BCUT2D eigenvalue weighted by Crippen LogP contribution is 2.25. The maximum Gasteiger partial charge on any atom is 0.261 e. The van der Waals surface area contributed by atoms with Crippen molar-refractivity contribution in [2.24, 2.45) is 0 Å². The molecule has 24 heavy (non-hydrogen) atoms. The third-order valence-corrected chi connectivity index (χ3v) is 3.36. The predicted molar refractivity (Wildman–Crippen MR) is 82.1 cm³/mol. The molecule has 0 unspecified atom stereocenters. The van der Waals surface area contributed by atoms with Crippen molar-refractivity contribution < 1.29 is 18.4 Å². The number of halogens is 2. The van der Waals surface area contributed by atoms with Crippen LogP contribution in [0.3, 0.4) is 0 Å². The van der Waals surface area contributed by atoms with Crippen LogP contribution in [-0.4, -0.2) is 26.8 Å². The molecular formula is C16H14F2N4O2. The van der Waals surface area contributed by atoms with E-state index in [1.165, 1.54) is 6.07 Å². The molecule has 0 fully saturated rings. The number of hydrogen-bond donors (Lipinski definition) is 2. The first-order chi connectivity index (χ1) is 11.5. The zero-order chi connectivity index (χ0) is 17.1. The highest BCUT2D eigenvalue weighted by atomic mass is 19.2. The molecule has 3 aromatic rings. The van der Waals surface area contributed by atoms with Crippen molar-refractivity contribution in [3.8, 4) is 11.5 Å². The molecule has 0 aliphatic carbocycles. The number of hydrogen-bond acceptors (Lipinski definition) is 6. The van der Waals surface area contributed by atoms with E-state index in [2.05, 4.69) is 20.4 Å². The van der Waals surface area contributed by atoms with E-state index in [4.69, 9.17) is 4.52 Å². The van der Waals surface area contributed by atoms with Crippen LogP contribution < -0.4 is 5.32 Å². The minimum atomic E-state index is -1.04. The summed E-state index contributed by atoms with van der Waals surface area (Å²) in [5.74, 6) is -0.751. The van der Waals surface area contributed by atoms with Gasteiger partial charge in [0.1, 0.15) is 5.82 Å². The molecule has 1 atom stereocenters. The summed E-state index contributed by atoms with van der Waals surface area (Å²) in [5.41, 5.74) is 0.836. The molecule has 0 saturated carbocycles. The lowest BCUT2D eigenvalue weighted by molar-refractivity contribution is 0.191. The van der Waals surface area contributed by atoms with Gasteiger partial charge in [-0.1, -0.05) is 11.2 Å². The van der Waals surface area contributed by atoms with Crippen LogP contribution in [-0.2, 0) is 0 Å². The normalized spacial score (nSPS) is 12.2. The molecule has 8 heteroatoms. The van der Waals surface area contributed by atoms with Crippen molar-refractivity contribution in [3.05, 3.63) is 59.6 Å². The molecule has 0 radical (unpaired) electrons. The topological polar surface area (TPSA) is 84.1 Å². The third-order valence-electron chi connectivity index (χ3n) is 3.36. The Morgan fingerprint density at radius 1 is 1.25 bits per heavy atom. The summed E-state index contributed by atoms with van der Waals surface area (Å²) in [6, 6.07) is 6.72. The van der Waals surface area contributed by atoms with Crippen molar-refractivity contribution in [2.45, 2.75) is 13.0 Å². The summed E-state index contributed by atoms with van der Waals surface area (Å²) in [6.07, 6.45) is 0.526. The fourth-order valence-electron chi connectivity index (χ4n) is 2.16. The molecule has 2 heterocycles. The van der Waals surface area contributed by atoms with Gasteiger partial charge in [-0.25, -0.2) is 13.8 Å². The second-order valence-corrected chi connectivity index (χ2v) is 5.12. The molecule has 124 valence electrons. The Labute approximate surface area is 136 Å². The fraction of sp³-hybridized carbons (Fsp3) is 0.188. The van der Waals surface area contributed by atoms with Crippen molar-refractivity contribution in [3.63, 3.8) is 0 Å². The molecule has 0 amide bonds. The van der Waals surface area contributed by atoms with E-state index in [9.17, 15) is 13.9 Å². The summed E-state index contributed by atoms with van der Waals surface area (Å²) in [7, 11) is 0. The molecular weight excluding hydrogens is 318 g/mol. The van der Waals surface area contributed by atoms with Gasteiger partial charge in [-0.3, -0.25) is 0 Å². The molecule has 2 N–H and O–H groups in total. The van der Waals surface area contributed by atoms with Crippen molar-refractivity contribution >= 4 is 5.82 Å². The number of nitrogens with one attached hydrogen (secondary N) is 1. The van der Waals surface area contributed by atoms with Crippen LogP contribution in [0.15, 0.2) is 41.1 Å². The summed E-state index contributed by atoms with van der Waals surface area (Å²) in [4.78, 5) is 8.31. The summed E-state index contributed by atoms with van der Waals surface area (Å²) >= 11 is 0. The van der Waals surface area contributed by atoms with E-state index < -0.39 is 17.7 Å². The zero-order valence-corrected chi connectivity index (χ0v) is 12.7. The van der Waals surface area contributed by atoms with Crippen molar-refractivity contribution in [2.75, 3.05) is 11.9 Å². The first-order valence-corrected chi connectivity index (χ1v) is 7.17.